The molecule has 0 bridgehead atoms. The first kappa shape index (κ1) is 18.9. The maximum absolute atomic E-state index is 11.6. The zero-order valence-corrected chi connectivity index (χ0v) is 15.3. The van der Waals surface area contributed by atoms with Gasteiger partial charge in [0.25, 0.3) is 0 Å². The van der Waals surface area contributed by atoms with Gasteiger partial charge < -0.3 is 34.1 Å². The zero-order valence-electron chi connectivity index (χ0n) is 15.3. The van der Waals surface area contributed by atoms with Crippen LogP contribution in [0.4, 0.5) is 0 Å². The summed E-state index contributed by atoms with van der Waals surface area (Å²) in [4.78, 5) is 11.6. The second-order valence-electron chi connectivity index (χ2n) is 6.82. The van der Waals surface area contributed by atoms with Gasteiger partial charge in [0, 0.05) is 6.92 Å². The van der Waals surface area contributed by atoms with Gasteiger partial charge in [-0.3, -0.25) is 4.79 Å². The smallest absolute Gasteiger partial charge is 0.223 e. The number of hydrogen-bond donors (Lipinski definition) is 2. The average molecular weight is 367 g/mol. The SMILES string of the molecule is COc1ccccc1O[C@@H]1O[C@@H]2COC(C)(C)O[C@@H]2[C@H](O)[C@H]1NC(C)=O. The molecule has 1 aromatic rings. The predicted octanol–water partition coefficient (Wildman–Crippen LogP) is 0.816. The number of fused-ring (bicyclic) bond motifs is 1. The molecule has 3 rings (SSSR count). The highest BCUT2D eigenvalue weighted by atomic mass is 16.8. The minimum Gasteiger partial charge on any atom is -0.493 e. The van der Waals surface area contributed by atoms with Gasteiger partial charge in [-0.1, -0.05) is 12.1 Å². The maximum atomic E-state index is 11.6. The molecule has 8 heteroatoms. The van der Waals surface area contributed by atoms with Gasteiger partial charge in [0.1, 0.15) is 24.4 Å². The summed E-state index contributed by atoms with van der Waals surface area (Å²) < 4.78 is 28.6. The van der Waals surface area contributed by atoms with E-state index >= 15 is 0 Å². The largest absolute Gasteiger partial charge is 0.493 e. The van der Waals surface area contributed by atoms with Crippen molar-refractivity contribution in [2.24, 2.45) is 0 Å². The van der Waals surface area contributed by atoms with Crippen LogP contribution in [0.5, 0.6) is 11.5 Å². The van der Waals surface area contributed by atoms with Gasteiger partial charge >= 0.3 is 0 Å². The highest BCUT2D eigenvalue weighted by Gasteiger charge is 2.52. The Morgan fingerprint density at radius 3 is 2.65 bits per heavy atom. The molecule has 0 radical (unpaired) electrons. The van der Waals surface area contributed by atoms with Crippen LogP contribution in [0.15, 0.2) is 24.3 Å². The molecule has 8 nitrogen and oxygen atoms in total. The molecule has 0 spiro atoms. The van der Waals surface area contributed by atoms with E-state index in [0.29, 0.717) is 11.5 Å². The average Bonchev–Trinajstić information content (AvgIpc) is 2.59. The Kier molecular flexibility index (Phi) is 5.38. The molecule has 0 aromatic heterocycles. The number of aliphatic hydroxyl groups is 1. The minimum absolute atomic E-state index is 0.243. The van der Waals surface area contributed by atoms with Crippen molar-refractivity contribution in [3.8, 4) is 11.5 Å². The lowest BCUT2D eigenvalue weighted by molar-refractivity contribution is -0.361. The second-order valence-corrected chi connectivity index (χ2v) is 6.82. The van der Waals surface area contributed by atoms with E-state index in [1.807, 2.05) is 6.07 Å². The molecule has 2 aliphatic rings. The van der Waals surface area contributed by atoms with E-state index in [1.54, 1.807) is 32.0 Å². The molecule has 2 fully saturated rings. The number of carbonyl (C=O) groups is 1. The molecular formula is C18H25NO7. The molecule has 1 aromatic carbocycles. The molecule has 0 aliphatic carbocycles. The molecule has 2 N–H and O–H groups in total. The molecular weight excluding hydrogens is 342 g/mol. The number of methoxy groups -OCH3 is 1. The van der Waals surface area contributed by atoms with E-state index in [4.69, 9.17) is 23.7 Å². The van der Waals surface area contributed by atoms with Crippen molar-refractivity contribution >= 4 is 5.91 Å². The second kappa shape index (κ2) is 7.40. The van der Waals surface area contributed by atoms with Crippen LogP contribution in [-0.4, -0.2) is 61.2 Å². The van der Waals surface area contributed by atoms with Gasteiger partial charge in [0.05, 0.1) is 13.7 Å². The monoisotopic (exact) mass is 367 g/mol. The zero-order chi connectivity index (χ0) is 18.9. The van der Waals surface area contributed by atoms with Crippen molar-refractivity contribution in [1.82, 2.24) is 5.32 Å². The highest BCUT2D eigenvalue weighted by molar-refractivity contribution is 5.73. The van der Waals surface area contributed by atoms with Crippen LogP contribution >= 0.6 is 0 Å². The third kappa shape index (κ3) is 3.93. The Balaban J connectivity index is 1.84. The van der Waals surface area contributed by atoms with Crippen molar-refractivity contribution in [2.75, 3.05) is 13.7 Å². The number of aliphatic hydroxyl groups excluding tert-OH is 1. The molecule has 2 heterocycles. The van der Waals surface area contributed by atoms with Gasteiger partial charge in [0.15, 0.2) is 17.3 Å². The molecule has 5 atom stereocenters. The topological polar surface area (TPSA) is 95.5 Å². The summed E-state index contributed by atoms with van der Waals surface area (Å²) >= 11 is 0. The Hall–Kier alpha value is -1.87. The molecule has 2 saturated heterocycles. The first-order chi connectivity index (χ1) is 12.3. The van der Waals surface area contributed by atoms with E-state index in [-0.39, 0.29) is 12.5 Å². The van der Waals surface area contributed by atoms with Gasteiger partial charge in [0.2, 0.25) is 12.2 Å². The number of ether oxygens (including phenoxy) is 5. The van der Waals surface area contributed by atoms with Gasteiger partial charge in [-0.15, -0.1) is 0 Å². The van der Waals surface area contributed by atoms with E-state index in [2.05, 4.69) is 5.32 Å². The van der Waals surface area contributed by atoms with E-state index < -0.39 is 36.4 Å². The summed E-state index contributed by atoms with van der Waals surface area (Å²) in [6.45, 7) is 5.14. The number of hydrogen-bond acceptors (Lipinski definition) is 7. The third-order valence-corrected chi connectivity index (χ3v) is 4.37. The lowest BCUT2D eigenvalue weighted by atomic mass is 9.95. The highest BCUT2D eigenvalue weighted by Crippen LogP contribution is 2.35. The number of carbonyl (C=O) groups excluding carboxylic acids is 1. The summed E-state index contributed by atoms with van der Waals surface area (Å²) in [7, 11) is 1.53. The summed E-state index contributed by atoms with van der Waals surface area (Å²) in [5.74, 6) is -0.190. The number of amides is 1. The lowest BCUT2D eigenvalue weighted by Crippen LogP contribution is -2.69. The first-order valence-corrected chi connectivity index (χ1v) is 8.53. The Morgan fingerprint density at radius 2 is 2.00 bits per heavy atom. The lowest BCUT2D eigenvalue weighted by Gasteiger charge is -2.49. The number of para-hydroxylation sites is 2. The van der Waals surface area contributed by atoms with E-state index in [9.17, 15) is 9.90 Å². The molecule has 26 heavy (non-hydrogen) atoms. The fraction of sp³-hybridized carbons (Fsp3) is 0.611. The summed E-state index contributed by atoms with van der Waals surface area (Å²) in [6.07, 6.45) is -3.13. The molecule has 1 amide bonds. The summed E-state index contributed by atoms with van der Waals surface area (Å²) in [5.41, 5.74) is 0. The predicted molar refractivity (Wildman–Crippen MR) is 90.8 cm³/mol. The van der Waals surface area contributed by atoms with Crippen LogP contribution in [0.2, 0.25) is 0 Å². The maximum Gasteiger partial charge on any atom is 0.223 e. The van der Waals surface area contributed by atoms with Gasteiger partial charge in [-0.25, -0.2) is 0 Å². The van der Waals surface area contributed by atoms with E-state index in [0.717, 1.165) is 0 Å². The van der Waals surface area contributed by atoms with Crippen LogP contribution in [0.25, 0.3) is 0 Å². The van der Waals surface area contributed by atoms with Crippen LogP contribution in [0, 0.1) is 0 Å². The molecule has 0 saturated carbocycles. The molecule has 2 aliphatic heterocycles. The third-order valence-electron chi connectivity index (χ3n) is 4.37. The fourth-order valence-electron chi connectivity index (χ4n) is 3.17. The summed E-state index contributed by atoms with van der Waals surface area (Å²) in [6, 6.07) is 6.27. The van der Waals surface area contributed by atoms with Crippen LogP contribution < -0.4 is 14.8 Å². The first-order valence-electron chi connectivity index (χ1n) is 8.53. The normalized spacial score (nSPS) is 33.0. The van der Waals surface area contributed by atoms with Crippen LogP contribution in [-0.2, 0) is 19.0 Å². The van der Waals surface area contributed by atoms with Crippen molar-refractivity contribution in [1.29, 1.82) is 0 Å². The standard InChI is InChI=1S/C18H25NO7/c1-10(20)19-14-15(21)16-13(9-23-18(2,3)26-16)25-17(14)24-12-8-6-5-7-11(12)22-4/h5-8,13-17,21H,9H2,1-4H3,(H,19,20)/t13-,14-,15-,16+,17-/m1/s1. The number of benzene rings is 1. The van der Waals surface area contributed by atoms with Crippen molar-refractivity contribution < 1.29 is 33.6 Å². The quantitative estimate of drug-likeness (QED) is 0.813. The Labute approximate surface area is 152 Å². The van der Waals surface area contributed by atoms with E-state index in [1.165, 1.54) is 14.0 Å². The Morgan fingerprint density at radius 1 is 1.31 bits per heavy atom. The van der Waals surface area contributed by atoms with Crippen LogP contribution in [0.1, 0.15) is 20.8 Å². The van der Waals surface area contributed by atoms with Gasteiger partial charge in [-0.2, -0.15) is 0 Å². The Bertz CT molecular complexity index is 650. The van der Waals surface area contributed by atoms with Crippen molar-refractivity contribution in [3.05, 3.63) is 24.3 Å². The summed E-state index contributed by atoms with van der Waals surface area (Å²) in [5, 5.41) is 13.5. The van der Waals surface area contributed by atoms with Crippen LogP contribution in [0.3, 0.4) is 0 Å². The van der Waals surface area contributed by atoms with Crippen molar-refractivity contribution in [2.45, 2.75) is 57.2 Å². The number of rotatable bonds is 4. The van der Waals surface area contributed by atoms with Gasteiger partial charge in [-0.05, 0) is 26.0 Å². The number of nitrogens with one attached hydrogen (secondary N) is 1. The molecule has 144 valence electrons. The minimum atomic E-state index is -1.03. The van der Waals surface area contributed by atoms with Crippen molar-refractivity contribution in [3.63, 3.8) is 0 Å². The fourth-order valence-corrected chi connectivity index (χ4v) is 3.17. The molecule has 0 unspecified atom stereocenters.